The van der Waals surface area contributed by atoms with Gasteiger partial charge in [0, 0.05) is 38.6 Å². The van der Waals surface area contributed by atoms with Crippen molar-refractivity contribution in [1.29, 1.82) is 0 Å². The number of anilines is 1. The van der Waals surface area contributed by atoms with Gasteiger partial charge in [-0.1, -0.05) is 12.1 Å². The van der Waals surface area contributed by atoms with Crippen molar-refractivity contribution < 1.29 is 9.53 Å². The molecule has 0 aliphatic carbocycles. The summed E-state index contributed by atoms with van der Waals surface area (Å²) in [6.45, 7) is 4.63. The van der Waals surface area contributed by atoms with Crippen LogP contribution in [0.2, 0.25) is 0 Å². The van der Waals surface area contributed by atoms with Crippen LogP contribution in [0.5, 0.6) is 5.75 Å². The minimum Gasteiger partial charge on any atom is -0.495 e. The average molecular weight is 378 g/mol. The largest absolute Gasteiger partial charge is 0.495 e. The van der Waals surface area contributed by atoms with Gasteiger partial charge < -0.3 is 14.5 Å². The van der Waals surface area contributed by atoms with E-state index >= 15 is 0 Å². The van der Waals surface area contributed by atoms with Gasteiger partial charge in [-0.3, -0.25) is 9.36 Å². The number of hydrogen-bond acceptors (Lipinski definition) is 6. The normalized spacial score (nSPS) is 14.2. The number of carbonyl (C=O) groups excluding carboxylic acids is 1. The van der Waals surface area contributed by atoms with Crippen LogP contribution in [0.25, 0.3) is 5.82 Å². The minimum atomic E-state index is -0.0962. The molecule has 0 atom stereocenters. The van der Waals surface area contributed by atoms with E-state index in [1.807, 2.05) is 46.9 Å². The molecule has 4 rings (SSSR count). The average Bonchev–Trinajstić information content (AvgIpc) is 3.19. The first-order valence-corrected chi connectivity index (χ1v) is 9.18. The van der Waals surface area contributed by atoms with Crippen LogP contribution in [0.1, 0.15) is 16.3 Å². The molecule has 0 bridgehead atoms. The number of aryl methyl sites for hydroxylation is 1. The van der Waals surface area contributed by atoms with Gasteiger partial charge in [-0.15, -0.1) is 10.2 Å². The maximum absolute atomic E-state index is 12.8. The molecule has 3 aromatic rings. The fourth-order valence-electron chi connectivity index (χ4n) is 3.39. The lowest BCUT2D eigenvalue weighted by atomic mass is 10.2. The molecular weight excluding hydrogens is 356 g/mol. The molecule has 144 valence electrons. The highest BCUT2D eigenvalue weighted by molar-refractivity contribution is 5.92. The van der Waals surface area contributed by atoms with Crippen LogP contribution >= 0.6 is 0 Å². The second-order valence-electron chi connectivity index (χ2n) is 6.57. The zero-order valence-electron chi connectivity index (χ0n) is 15.9. The van der Waals surface area contributed by atoms with E-state index in [4.69, 9.17) is 4.74 Å². The van der Waals surface area contributed by atoms with Gasteiger partial charge in [-0.25, -0.2) is 4.98 Å². The number of imidazole rings is 1. The monoisotopic (exact) mass is 378 g/mol. The standard InChI is InChI=1S/C20H22N6O2/c1-15-21-9-10-26(15)19-8-7-16(22-23-19)20(27)25-13-11-24(12-14-25)17-5-3-4-6-18(17)28-2/h3-10H,11-14H2,1-2H3. The number of methoxy groups -OCH3 is 1. The smallest absolute Gasteiger partial charge is 0.274 e. The van der Waals surface area contributed by atoms with Gasteiger partial charge in [-0.05, 0) is 31.2 Å². The van der Waals surface area contributed by atoms with Crippen molar-refractivity contribution in [3.05, 3.63) is 60.3 Å². The van der Waals surface area contributed by atoms with Crippen molar-refractivity contribution >= 4 is 11.6 Å². The second kappa shape index (κ2) is 7.67. The highest BCUT2D eigenvalue weighted by Gasteiger charge is 2.24. The summed E-state index contributed by atoms with van der Waals surface area (Å²) in [6.07, 6.45) is 3.52. The number of carbonyl (C=O) groups is 1. The van der Waals surface area contributed by atoms with Crippen LogP contribution in [-0.2, 0) is 0 Å². The first-order valence-electron chi connectivity index (χ1n) is 9.18. The molecule has 1 saturated heterocycles. The van der Waals surface area contributed by atoms with Crippen molar-refractivity contribution in [3.8, 4) is 11.6 Å². The molecule has 0 unspecified atom stereocenters. The molecule has 0 N–H and O–H groups in total. The number of benzene rings is 1. The van der Waals surface area contributed by atoms with E-state index in [1.54, 1.807) is 25.4 Å². The Morgan fingerprint density at radius 3 is 2.46 bits per heavy atom. The zero-order chi connectivity index (χ0) is 19.5. The predicted octanol–water partition coefficient (Wildman–Crippen LogP) is 1.94. The number of ether oxygens (including phenoxy) is 1. The number of nitrogens with zero attached hydrogens (tertiary/aromatic N) is 6. The predicted molar refractivity (Wildman–Crippen MR) is 105 cm³/mol. The van der Waals surface area contributed by atoms with Crippen LogP contribution in [0.15, 0.2) is 48.8 Å². The Bertz CT molecular complexity index is 961. The fourth-order valence-corrected chi connectivity index (χ4v) is 3.39. The lowest BCUT2D eigenvalue weighted by Gasteiger charge is -2.36. The van der Waals surface area contributed by atoms with E-state index in [0.29, 0.717) is 24.6 Å². The SMILES string of the molecule is COc1ccccc1N1CCN(C(=O)c2ccc(-n3ccnc3C)nn2)CC1. The molecule has 28 heavy (non-hydrogen) atoms. The molecule has 0 saturated carbocycles. The number of amides is 1. The summed E-state index contributed by atoms with van der Waals surface area (Å²) in [4.78, 5) is 21.0. The molecule has 8 nitrogen and oxygen atoms in total. The lowest BCUT2D eigenvalue weighted by molar-refractivity contribution is 0.0739. The highest BCUT2D eigenvalue weighted by atomic mass is 16.5. The van der Waals surface area contributed by atoms with Crippen molar-refractivity contribution in [2.45, 2.75) is 6.92 Å². The summed E-state index contributed by atoms with van der Waals surface area (Å²) in [5.41, 5.74) is 1.41. The lowest BCUT2D eigenvalue weighted by Crippen LogP contribution is -2.49. The maximum atomic E-state index is 12.8. The summed E-state index contributed by atoms with van der Waals surface area (Å²) in [6, 6.07) is 11.4. The fraction of sp³-hybridized carbons (Fsp3) is 0.300. The highest BCUT2D eigenvalue weighted by Crippen LogP contribution is 2.28. The third kappa shape index (κ3) is 3.40. The van der Waals surface area contributed by atoms with Crippen molar-refractivity contribution in [3.63, 3.8) is 0 Å². The van der Waals surface area contributed by atoms with Gasteiger partial charge in [0.1, 0.15) is 11.6 Å². The Morgan fingerprint density at radius 1 is 1.04 bits per heavy atom. The Morgan fingerprint density at radius 2 is 1.82 bits per heavy atom. The molecule has 1 aliphatic heterocycles. The minimum absolute atomic E-state index is 0.0962. The zero-order valence-corrected chi connectivity index (χ0v) is 15.9. The third-order valence-corrected chi connectivity index (χ3v) is 4.93. The van der Waals surface area contributed by atoms with Crippen molar-refractivity contribution in [2.75, 3.05) is 38.2 Å². The Kier molecular flexibility index (Phi) is 4.92. The molecule has 1 amide bonds. The van der Waals surface area contributed by atoms with E-state index in [-0.39, 0.29) is 5.91 Å². The first-order chi connectivity index (χ1) is 13.7. The molecule has 3 heterocycles. The molecule has 1 aromatic carbocycles. The molecule has 2 aromatic heterocycles. The molecule has 1 fully saturated rings. The molecule has 0 spiro atoms. The van der Waals surface area contributed by atoms with Gasteiger partial charge in [0.05, 0.1) is 12.8 Å². The topological polar surface area (TPSA) is 76.4 Å². The number of rotatable bonds is 4. The molecule has 0 radical (unpaired) electrons. The van der Waals surface area contributed by atoms with E-state index in [2.05, 4.69) is 20.1 Å². The third-order valence-electron chi connectivity index (χ3n) is 4.93. The number of hydrogen-bond donors (Lipinski definition) is 0. The summed E-state index contributed by atoms with van der Waals surface area (Å²) < 4.78 is 7.27. The van der Waals surface area contributed by atoms with Crippen LogP contribution in [0, 0.1) is 6.92 Å². The second-order valence-corrected chi connectivity index (χ2v) is 6.57. The summed E-state index contributed by atoms with van der Waals surface area (Å²) in [5, 5.41) is 8.31. The van der Waals surface area contributed by atoms with Crippen LogP contribution in [0.3, 0.4) is 0 Å². The number of aromatic nitrogens is 4. The Hall–Kier alpha value is -3.42. The summed E-state index contributed by atoms with van der Waals surface area (Å²) in [5.74, 6) is 2.22. The number of para-hydroxylation sites is 2. The van der Waals surface area contributed by atoms with Gasteiger partial charge >= 0.3 is 0 Å². The van der Waals surface area contributed by atoms with Gasteiger partial charge in [0.15, 0.2) is 11.5 Å². The van der Waals surface area contributed by atoms with Crippen molar-refractivity contribution in [2.24, 2.45) is 0 Å². The van der Waals surface area contributed by atoms with Crippen molar-refractivity contribution in [1.82, 2.24) is 24.6 Å². The quantitative estimate of drug-likeness (QED) is 0.691. The van der Waals surface area contributed by atoms with Crippen LogP contribution in [0.4, 0.5) is 5.69 Å². The van der Waals surface area contributed by atoms with E-state index in [9.17, 15) is 4.79 Å². The van der Waals surface area contributed by atoms with Gasteiger partial charge in [0.25, 0.3) is 5.91 Å². The van der Waals surface area contributed by atoms with Crippen LogP contribution in [-0.4, -0.2) is 63.8 Å². The molecular formula is C20H22N6O2. The molecule has 1 aliphatic rings. The Labute approximate surface area is 163 Å². The summed E-state index contributed by atoms with van der Waals surface area (Å²) in [7, 11) is 1.67. The van der Waals surface area contributed by atoms with Gasteiger partial charge in [0.2, 0.25) is 0 Å². The first kappa shape index (κ1) is 18.0. The van der Waals surface area contributed by atoms with E-state index in [0.717, 1.165) is 30.4 Å². The van der Waals surface area contributed by atoms with E-state index in [1.165, 1.54) is 0 Å². The van der Waals surface area contributed by atoms with Gasteiger partial charge in [-0.2, -0.15) is 0 Å². The van der Waals surface area contributed by atoms with E-state index < -0.39 is 0 Å². The van der Waals surface area contributed by atoms with Crippen LogP contribution < -0.4 is 9.64 Å². The molecule has 8 heteroatoms. The Balaban J connectivity index is 1.42. The maximum Gasteiger partial charge on any atom is 0.274 e. The summed E-state index contributed by atoms with van der Waals surface area (Å²) >= 11 is 0. The number of piperazine rings is 1.